The van der Waals surface area contributed by atoms with Crippen molar-refractivity contribution < 1.29 is 4.79 Å². The lowest BCUT2D eigenvalue weighted by Crippen LogP contribution is -2.30. The molecule has 1 atom stereocenters. The average molecular weight is 285 g/mol. The summed E-state index contributed by atoms with van der Waals surface area (Å²) in [5.41, 5.74) is 1.73. The van der Waals surface area contributed by atoms with E-state index in [1.54, 1.807) is 0 Å². The predicted molar refractivity (Wildman–Crippen MR) is 80.2 cm³/mol. The fourth-order valence-corrected chi connectivity index (χ4v) is 2.67. The zero-order chi connectivity index (χ0) is 14.7. The van der Waals surface area contributed by atoms with E-state index in [2.05, 4.69) is 25.4 Å². The second kappa shape index (κ2) is 5.95. The van der Waals surface area contributed by atoms with E-state index in [1.165, 1.54) is 19.2 Å². The minimum atomic E-state index is -0.202. The normalized spacial score (nSPS) is 16.0. The zero-order valence-corrected chi connectivity index (χ0v) is 12.0. The molecule has 0 unspecified atom stereocenters. The molecule has 21 heavy (non-hydrogen) atoms. The molecule has 1 amide bonds. The third kappa shape index (κ3) is 2.89. The van der Waals surface area contributed by atoms with Crippen molar-refractivity contribution in [3.05, 3.63) is 42.0 Å². The van der Waals surface area contributed by atoms with Gasteiger partial charge in [-0.3, -0.25) is 9.89 Å². The van der Waals surface area contributed by atoms with Crippen LogP contribution in [0.4, 0.5) is 5.69 Å². The number of carbonyl (C=O) groups is 1. The van der Waals surface area contributed by atoms with Crippen LogP contribution < -0.4 is 10.2 Å². The van der Waals surface area contributed by atoms with Crippen molar-refractivity contribution in [3.63, 3.8) is 0 Å². The summed E-state index contributed by atoms with van der Waals surface area (Å²) in [6.45, 7) is 3.92. The molecule has 2 aromatic rings. The molecule has 2 N–H and O–H groups in total. The smallest absolute Gasteiger partial charge is 0.253 e. The van der Waals surface area contributed by atoms with E-state index in [9.17, 15) is 4.79 Å². The molecule has 3 rings (SSSR count). The van der Waals surface area contributed by atoms with Crippen LogP contribution in [0.25, 0.3) is 0 Å². The van der Waals surface area contributed by atoms with Gasteiger partial charge in [-0.2, -0.15) is 5.10 Å². The summed E-state index contributed by atoms with van der Waals surface area (Å²) in [5, 5.41) is 9.55. The number of amides is 1. The molecule has 1 saturated heterocycles. The number of aromatic amines is 1. The van der Waals surface area contributed by atoms with Gasteiger partial charge < -0.3 is 10.2 Å². The van der Waals surface area contributed by atoms with Gasteiger partial charge in [-0.05, 0) is 31.9 Å². The zero-order valence-electron chi connectivity index (χ0n) is 12.0. The molecule has 2 heterocycles. The van der Waals surface area contributed by atoms with Crippen molar-refractivity contribution in [2.45, 2.75) is 25.8 Å². The molecular formula is C15H19N5O. The lowest BCUT2D eigenvalue weighted by Gasteiger charge is -2.21. The van der Waals surface area contributed by atoms with E-state index in [0.717, 1.165) is 18.8 Å². The molecule has 0 spiro atoms. The van der Waals surface area contributed by atoms with E-state index < -0.39 is 0 Å². The van der Waals surface area contributed by atoms with Gasteiger partial charge >= 0.3 is 0 Å². The first-order valence-electron chi connectivity index (χ1n) is 7.26. The molecule has 6 nitrogen and oxygen atoms in total. The van der Waals surface area contributed by atoms with E-state index in [4.69, 9.17) is 0 Å². The SMILES string of the molecule is C[C@H](NC(=O)c1ccccc1N1CCCC1)c1ncn[nH]1. The van der Waals surface area contributed by atoms with Gasteiger partial charge in [0.25, 0.3) is 5.91 Å². The Hall–Kier alpha value is -2.37. The van der Waals surface area contributed by atoms with Gasteiger partial charge in [-0.15, -0.1) is 0 Å². The van der Waals surface area contributed by atoms with Crippen LogP contribution in [0.5, 0.6) is 0 Å². The lowest BCUT2D eigenvalue weighted by molar-refractivity contribution is 0.0939. The minimum absolute atomic E-state index is 0.0820. The fraction of sp³-hybridized carbons (Fsp3) is 0.400. The van der Waals surface area contributed by atoms with Gasteiger partial charge in [0.05, 0.1) is 11.6 Å². The number of nitrogens with zero attached hydrogens (tertiary/aromatic N) is 3. The van der Waals surface area contributed by atoms with Crippen molar-refractivity contribution in [1.82, 2.24) is 20.5 Å². The van der Waals surface area contributed by atoms with Crippen molar-refractivity contribution in [3.8, 4) is 0 Å². The van der Waals surface area contributed by atoms with Crippen molar-refractivity contribution >= 4 is 11.6 Å². The largest absolute Gasteiger partial charge is 0.371 e. The average Bonchev–Trinajstić information content (AvgIpc) is 3.20. The highest BCUT2D eigenvalue weighted by atomic mass is 16.1. The van der Waals surface area contributed by atoms with Gasteiger partial charge in [0.1, 0.15) is 12.2 Å². The van der Waals surface area contributed by atoms with Crippen LogP contribution in [-0.2, 0) is 0 Å². The molecule has 1 aromatic carbocycles. The van der Waals surface area contributed by atoms with Crippen LogP contribution in [-0.4, -0.2) is 34.2 Å². The van der Waals surface area contributed by atoms with Crippen LogP contribution in [0, 0.1) is 0 Å². The Morgan fingerprint density at radius 3 is 2.81 bits per heavy atom. The summed E-state index contributed by atoms with van der Waals surface area (Å²) >= 11 is 0. The monoisotopic (exact) mass is 285 g/mol. The first kappa shape index (κ1) is 13.6. The number of hydrogen-bond acceptors (Lipinski definition) is 4. The molecule has 1 aliphatic heterocycles. The van der Waals surface area contributed by atoms with Gasteiger partial charge in [-0.1, -0.05) is 12.1 Å². The Morgan fingerprint density at radius 2 is 2.10 bits per heavy atom. The maximum Gasteiger partial charge on any atom is 0.253 e. The maximum absolute atomic E-state index is 12.5. The second-order valence-electron chi connectivity index (χ2n) is 5.28. The Morgan fingerprint density at radius 1 is 1.33 bits per heavy atom. The number of benzene rings is 1. The van der Waals surface area contributed by atoms with Crippen molar-refractivity contribution in [2.75, 3.05) is 18.0 Å². The van der Waals surface area contributed by atoms with Gasteiger partial charge in [-0.25, -0.2) is 4.98 Å². The predicted octanol–water partition coefficient (Wildman–Crippen LogP) is 1.90. The molecule has 110 valence electrons. The second-order valence-corrected chi connectivity index (χ2v) is 5.28. The third-order valence-electron chi connectivity index (χ3n) is 3.79. The minimum Gasteiger partial charge on any atom is -0.371 e. The van der Waals surface area contributed by atoms with Gasteiger partial charge in [0.2, 0.25) is 0 Å². The summed E-state index contributed by atoms with van der Waals surface area (Å²) in [6.07, 6.45) is 3.81. The molecule has 1 aromatic heterocycles. The molecule has 0 saturated carbocycles. The van der Waals surface area contributed by atoms with Crippen LogP contribution >= 0.6 is 0 Å². The summed E-state index contributed by atoms with van der Waals surface area (Å²) in [5.74, 6) is 0.573. The number of hydrogen-bond donors (Lipinski definition) is 2. The highest BCUT2D eigenvalue weighted by Gasteiger charge is 2.20. The number of carbonyl (C=O) groups excluding carboxylic acids is 1. The van der Waals surface area contributed by atoms with Gasteiger partial charge in [0.15, 0.2) is 0 Å². The molecule has 1 aliphatic rings. The highest BCUT2D eigenvalue weighted by Crippen LogP contribution is 2.24. The van der Waals surface area contributed by atoms with Crippen LogP contribution in [0.3, 0.4) is 0 Å². The molecule has 6 heteroatoms. The topological polar surface area (TPSA) is 73.9 Å². The Kier molecular flexibility index (Phi) is 3.85. The molecule has 0 bridgehead atoms. The first-order chi connectivity index (χ1) is 10.3. The highest BCUT2D eigenvalue weighted by molar-refractivity contribution is 6.00. The van der Waals surface area contributed by atoms with Crippen LogP contribution in [0.1, 0.15) is 42.0 Å². The lowest BCUT2D eigenvalue weighted by atomic mass is 10.1. The molecular weight excluding hydrogens is 266 g/mol. The first-order valence-corrected chi connectivity index (χ1v) is 7.26. The number of anilines is 1. The Balaban J connectivity index is 1.78. The Labute approximate surface area is 123 Å². The molecule has 1 fully saturated rings. The van der Waals surface area contributed by atoms with Crippen molar-refractivity contribution in [1.29, 1.82) is 0 Å². The molecule has 0 radical (unpaired) electrons. The van der Waals surface area contributed by atoms with E-state index in [0.29, 0.717) is 11.4 Å². The summed E-state index contributed by atoms with van der Waals surface area (Å²) in [6, 6.07) is 7.56. The Bertz CT molecular complexity index is 604. The van der Waals surface area contributed by atoms with Crippen LogP contribution in [0.2, 0.25) is 0 Å². The summed E-state index contributed by atoms with van der Waals surface area (Å²) < 4.78 is 0. The molecule has 0 aliphatic carbocycles. The summed E-state index contributed by atoms with van der Waals surface area (Å²) in [7, 11) is 0. The maximum atomic E-state index is 12.5. The number of H-pyrrole nitrogens is 1. The number of para-hydroxylation sites is 1. The van der Waals surface area contributed by atoms with E-state index in [-0.39, 0.29) is 11.9 Å². The number of aromatic nitrogens is 3. The quantitative estimate of drug-likeness (QED) is 0.899. The number of rotatable bonds is 4. The van der Waals surface area contributed by atoms with Crippen molar-refractivity contribution in [2.24, 2.45) is 0 Å². The number of nitrogens with one attached hydrogen (secondary N) is 2. The van der Waals surface area contributed by atoms with Crippen LogP contribution in [0.15, 0.2) is 30.6 Å². The standard InChI is InChI=1S/C15H19N5O/c1-11(14-16-10-17-19-14)18-15(21)12-6-2-3-7-13(12)20-8-4-5-9-20/h2-3,6-7,10-11H,4-5,8-9H2,1H3,(H,18,21)(H,16,17,19)/t11-/m0/s1. The third-order valence-corrected chi connectivity index (χ3v) is 3.79. The van der Waals surface area contributed by atoms with E-state index >= 15 is 0 Å². The van der Waals surface area contributed by atoms with Gasteiger partial charge in [0, 0.05) is 18.8 Å². The van der Waals surface area contributed by atoms with E-state index in [1.807, 2.05) is 31.2 Å². The fourth-order valence-electron chi connectivity index (χ4n) is 2.67. The summed E-state index contributed by atoms with van der Waals surface area (Å²) in [4.78, 5) is 18.9.